The molecule has 0 fully saturated rings. The molecule has 1 aromatic carbocycles. The number of hydrogen-bond donors (Lipinski definition) is 1. The number of nitrogens with one attached hydrogen (secondary N) is 1. The second kappa shape index (κ2) is 6.78. The van der Waals surface area contributed by atoms with Gasteiger partial charge in [0.05, 0.1) is 6.42 Å². The average molecular weight is 265 g/mol. The highest BCUT2D eigenvalue weighted by Gasteiger charge is 2.17. The van der Waals surface area contributed by atoms with Gasteiger partial charge in [0.2, 0.25) is 0 Å². The number of hydrogen-bond acceptors (Lipinski definition) is 4. The molecule has 0 spiro atoms. The molecule has 0 aliphatic heterocycles. The highest BCUT2D eigenvalue weighted by atomic mass is 16.7. The number of amides is 1. The Bertz CT molecular complexity index is 423. The van der Waals surface area contributed by atoms with E-state index in [1.165, 1.54) is 0 Å². The summed E-state index contributed by atoms with van der Waals surface area (Å²) in [6, 6.07) is 9.56. The number of ether oxygens (including phenoxy) is 1. The minimum Gasteiger partial charge on any atom is -0.442 e. The fraction of sp³-hybridized carbons (Fsp3) is 0.429. The van der Waals surface area contributed by atoms with E-state index in [-0.39, 0.29) is 6.42 Å². The Kier molecular flexibility index (Phi) is 5.36. The molecule has 0 aliphatic carbocycles. The highest BCUT2D eigenvalue weighted by molar-refractivity contribution is 5.73. The lowest BCUT2D eigenvalue weighted by Crippen LogP contribution is -2.34. The molecule has 0 unspecified atom stereocenters. The summed E-state index contributed by atoms with van der Waals surface area (Å²) < 4.78 is 4.92. The minimum atomic E-state index is -0.777. The van der Waals surface area contributed by atoms with E-state index in [1.807, 2.05) is 35.8 Å². The van der Waals surface area contributed by atoms with E-state index in [2.05, 4.69) is 4.84 Å². The first-order chi connectivity index (χ1) is 8.87. The number of rotatable bonds is 3. The van der Waals surface area contributed by atoms with Crippen LogP contribution >= 0.6 is 0 Å². The maximum absolute atomic E-state index is 11.4. The van der Waals surface area contributed by atoms with Crippen LogP contribution in [0.4, 0.5) is 4.79 Å². The zero-order valence-electron chi connectivity index (χ0n) is 11.4. The normalized spacial score (nSPS) is 10.7. The van der Waals surface area contributed by atoms with Crippen LogP contribution in [-0.4, -0.2) is 17.7 Å². The molecule has 0 aromatic heterocycles. The predicted molar refractivity (Wildman–Crippen MR) is 70.2 cm³/mol. The lowest BCUT2D eigenvalue weighted by Gasteiger charge is -2.19. The summed E-state index contributed by atoms with van der Waals surface area (Å²) >= 11 is 0. The molecule has 1 aromatic rings. The summed E-state index contributed by atoms with van der Waals surface area (Å²) in [4.78, 5) is 27.2. The number of carbonyl (C=O) groups is 2. The summed E-state index contributed by atoms with van der Waals surface area (Å²) in [6.45, 7) is 5.18. The zero-order chi connectivity index (χ0) is 14.3. The van der Waals surface area contributed by atoms with Gasteiger partial charge in [-0.15, -0.1) is 5.48 Å². The van der Waals surface area contributed by atoms with Crippen molar-refractivity contribution in [3.63, 3.8) is 0 Å². The van der Waals surface area contributed by atoms with Crippen molar-refractivity contribution >= 4 is 12.1 Å². The van der Waals surface area contributed by atoms with Gasteiger partial charge in [-0.2, -0.15) is 0 Å². The Hall–Kier alpha value is -2.04. The molecule has 0 saturated heterocycles. The Morgan fingerprint density at radius 2 is 1.79 bits per heavy atom. The van der Waals surface area contributed by atoms with Gasteiger partial charge in [0.1, 0.15) is 5.60 Å². The van der Waals surface area contributed by atoms with Gasteiger partial charge < -0.3 is 9.57 Å². The van der Waals surface area contributed by atoms with Crippen LogP contribution in [0.25, 0.3) is 0 Å². The van der Waals surface area contributed by atoms with E-state index in [9.17, 15) is 9.59 Å². The van der Waals surface area contributed by atoms with Crippen LogP contribution in [0.1, 0.15) is 32.8 Å². The summed E-state index contributed by atoms with van der Waals surface area (Å²) in [6.07, 6.45) is -0.0179. The molecular formula is C14H19NO4. The van der Waals surface area contributed by atoms with Gasteiger partial charge >= 0.3 is 12.1 Å². The van der Waals surface area contributed by atoms with Crippen molar-refractivity contribution in [3.8, 4) is 0 Å². The van der Waals surface area contributed by atoms with E-state index >= 15 is 0 Å². The molecule has 1 rings (SSSR count). The topological polar surface area (TPSA) is 64.6 Å². The number of benzene rings is 1. The van der Waals surface area contributed by atoms with E-state index in [0.29, 0.717) is 6.42 Å². The maximum atomic E-state index is 11.4. The molecule has 5 heteroatoms. The van der Waals surface area contributed by atoms with E-state index in [4.69, 9.17) is 4.74 Å². The van der Waals surface area contributed by atoms with Gasteiger partial charge in [0.25, 0.3) is 0 Å². The smallest absolute Gasteiger partial charge is 0.441 e. The summed E-state index contributed by atoms with van der Waals surface area (Å²) in [5.74, 6) is -0.505. The third-order valence-electron chi connectivity index (χ3n) is 2.11. The van der Waals surface area contributed by atoms with Crippen molar-refractivity contribution in [2.75, 3.05) is 0 Å². The van der Waals surface area contributed by atoms with Gasteiger partial charge in [0.15, 0.2) is 0 Å². The van der Waals surface area contributed by atoms with Crippen molar-refractivity contribution in [1.82, 2.24) is 5.48 Å². The number of aryl methyl sites for hydroxylation is 1. The Morgan fingerprint density at radius 1 is 1.16 bits per heavy atom. The minimum absolute atomic E-state index is 0.194. The third-order valence-corrected chi connectivity index (χ3v) is 2.11. The van der Waals surface area contributed by atoms with Crippen LogP contribution in [0.15, 0.2) is 30.3 Å². The van der Waals surface area contributed by atoms with Crippen molar-refractivity contribution in [1.29, 1.82) is 0 Å². The Morgan fingerprint density at radius 3 is 2.37 bits per heavy atom. The van der Waals surface area contributed by atoms with Gasteiger partial charge in [-0.25, -0.2) is 9.59 Å². The second-order valence-electron chi connectivity index (χ2n) is 5.06. The largest absolute Gasteiger partial charge is 0.442 e. The third kappa shape index (κ3) is 7.08. The maximum Gasteiger partial charge on any atom is 0.441 e. The molecule has 19 heavy (non-hydrogen) atoms. The van der Waals surface area contributed by atoms with E-state index in [0.717, 1.165) is 5.56 Å². The molecule has 5 nitrogen and oxygen atoms in total. The van der Waals surface area contributed by atoms with Gasteiger partial charge in [-0.05, 0) is 32.8 Å². The molecule has 0 saturated carbocycles. The Labute approximate surface area is 112 Å². The lowest BCUT2D eigenvalue weighted by atomic mass is 10.1. The number of carbonyl (C=O) groups excluding carboxylic acids is 2. The molecule has 0 bridgehead atoms. The van der Waals surface area contributed by atoms with Crippen LogP contribution < -0.4 is 5.48 Å². The zero-order valence-corrected chi connectivity index (χ0v) is 11.4. The van der Waals surface area contributed by atoms with Crippen molar-refractivity contribution in [2.24, 2.45) is 0 Å². The molecule has 0 aliphatic rings. The molecular weight excluding hydrogens is 246 g/mol. The monoisotopic (exact) mass is 265 g/mol. The van der Waals surface area contributed by atoms with Crippen LogP contribution in [-0.2, 0) is 20.8 Å². The molecule has 0 atom stereocenters. The fourth-order valence-corrected chi connectivity index (χ4v) is 1.34. The SMILES string of the molecule is CC(C)(C)OC(=O)NOC(=O)CCc1ccccc1. The Balaban J connectivity index is 2.23. The van der Waals surface area contributed by atoms with Crippen LogP contribution in [0.2, 0.25) is 0 Å². The summed E-state index contributed by atoms with van der Waals surface area (Å²) in [7, 11) is 0. The highest BCUT2D eigenvalue weighted by Crippen LogP contribution is 2.06. The second-order valence-corrected chi connectivity index (χ2v) is 5.06. The lowest BCUT2D eigenvalue weighted by molar-refractivity contribution is -0.150. The summed E-state index contributed by atoms with van der Waals surface area (Å²) in [5.41, 5.74) is 2.38. The van der Waals surface area contributed by atoms with Crippen LogP contribution in [0.3, 0.4) is 0 Å². The molecule has 104 valence electrons. The molecule has 0 heterocycles. The summed E-state index contributed by atoms with van der Waals surface area (Å²) in [5, 5.41) is 0. The van der Waals surface area contributed by atoms with Crippen molar-refractivity contribution in [2.45, 2.75) is 39.2 Å². The first-order valence-corrected chi connectivity index (χ1v) is 6.09. The van der Waals surface area contributed by atoms with Crippen LogP contribution in [0.5, 0.6) is 0 Å². The van der Waals surface area contributed by atoms with Crippen molar-refractivity contribution in [3.05, 3.63) is 35.9 Å². The van der Waals surface area contributed by atoms with Gasteiger partial charge in [-0.3, -0.25) is 0 Å². The van der Waals surface area contributed by atoms with Crippen LogP contribution in [0, 0.1) is 0 Å². The first-order valence-electron chi connectivity index (χ1n) is 6.09. The van der Waals surface area contributed by atoms with Gasteiger partial charge in [-0.1, -0.05) is 30.3 Å². The molecule has 1 N–H and O–H groups in total. The number of hydroxylamine groups is 1. The quantitative estimate of drug-likeness (QED) is 0.853. The van der Waals surface area contributed by atoms with Gasteiger partial charge in [0, 0.05) is 0 Å². The first kappa shape index (κ1) is 15.0. The molecule has 0 radical (unpaired) electrons. The van der Waals surface area contributed by atoms with E-state index in [1.54, 1.807) is 20.8 Å². The standard InChI is InChI=1S/C14H19NO4/c1-14(2,3)18-13(17)15-19-12(16)10-9-11-7-5-4-6-8-11/h4-8H,9-10H2,1-3H3,(H,15,17). The van der Waals surface area contributed by atoms with E-state index < -0.39 is 17.7 Å². The van der Waals surface area contributed by atoms with Crippen molar-refractivity contribution < 1.29 is 19.2 Å². The predicted octanol–water partition coefficient (Wildman–Crippen LogP) is 2.60. The average Bonchev–Trinajstić information content (AvgIpc) is 2.33. The fourth-order valence-electron chi connectivity index (χ4n) is 1.34. The molecule has 1 amide bonds.